The molecule has 148 valence electrons. The van der Waals surface area contributed by atoms with Gasteiger partial charge in [-0.1, -0.05) is 0 Å². The molecule has 0 N–H and O–H groups in total. The first kappa shape index (κ1) is 18.4. The first-order chi connectivity index (χ1) is 13.3. The molecule has 8 nitrogen and oxygen atoms in total. The van der Waals surface area contributed by atoms with E-state index < -0.39 is 12.0 Å². The van der Waals surface area contributed by atoms with Crippen molar-refractivity contribution in [3.63, 3.8) is 0 Å². The van der Waals surface area contributed by atoms with Gasteiger partial charge < -0.3 is 9.80 Å². The van der Waals surface area contributed by atoms with Gasteiger partial charge in [-0.05, 0) is 31.9 Å². The number of anilines is 2. The van der Waals surface area contributed by atoms with Crippen LogP contribution < -0.4 is 9.80 Å². The van der Waals surface area contributed by atoms with E-state index in [-0.39, 0.29) is 11.8 Å². The molecule has 3 aromatic rings. The second kappa shape index (κ2) is 6.88. The Kier molecular flexibility index (Phi) is 4.52. The summed E-state index contributed by atoms with van der Waals surface area (Å²) in [5, 5.41) is 11.7. The average molecular weight is 392 g/mol. The van der Waals surface area contributed by atoms with Crippen LogP contribution in [0.15, 0.2) is 24.4 Å². The topological polar surface area (TPSA) is 75.3 Å². The number of nitrogens with zero attached hydrogens (tertiary/aromatic N) is 8. The normalized spacial score (nSPS) is 17.9. The van der Waals surface area contributed by atoms with Crippen molar-refractivity contribution in [3.05, 3.63) is 35.9 Å². The summed E-state index contributed by atoms with van der Waals surface area (Å²) in [7, 11) is 1.86. The average Bonchev–Trinajstić information content (AvgIpc) is 3.12. The van der Waals surface area contributed by atoms with Crippen molar-refractivity contribution in [3.8, 4) is 0 Å². The maximum absolute atomic E-state index is 13.1. The largest absolute Gasteiger partial charge is 0.453 e. The van der Waals surface area contributed by atoms with Crippen LogP contribution in [0.2, 0.25) is 0 Å². The van der Waals surface area contributed by atoms with Crippen molar-refractivity contribution in [1.29, 1.82) is 0 Å². The zero-order valence-corrected chi connectivity index (χ0v) is 15.4. The van der Waals surface area contributed by atoms with E-state index in [9.17, 15) is 13.2 Å². The number of hydrogen-bond acceptors (Lipinski definition) is 7. The van der Waals surface area contributed by atoms with Gasteiger partial charge in [0.05, 0.1) is 0 Å². The van der Waals surface area contributed by atoms with Crippen LogP contribution in [0.3, 0.4) is 0 Å². The number of piperidine rings is 1. The quantitative estimate of drug-likeness (QED) is 0.677. The number of hydrogen-bond donors (Lipinski definition) is 0. The summed E-state index contributed by atoms with van der Waals surface area (Å²) in [6, 6.07) is 5.53. The van der Waals surface area contributed by atoms with Gasteiger partial charge in [-0.25, -0.2) is 4.98 Å². The minimum atomic E-state index is -4.62. The minimum absolute atomic E-state index is 0.0595. The highest BCUT2D eigenvalue weighted by Crippen LogP contribution is 2.29. The molecule has 4 rings (SSSR count). The molecule has 1 aliphatic heterocycles. The fourth-order valence-electron chi connectivity index (χ4n) is 3.47. The van der Waals surface area contributed by atoms with Crippen LogP contribution >= 0.6 is 0 Å². The van der Waals surface area contributed by atoms with Crippen LogP contribution in [0.1, 0.15) is 24.4 Å². The first-order valence-electron chi connectivity index (χ1n) is 8.90. The SMILES string of the molecule is Cc1cc(N(C)C2CCCN(c3cccnn3)C2)n2nc(C(F)(F)F)nc2n1. The van der Waals surface area contributed by atoms with Crippen LogP contribution in [-0.4, -0.2) is 56.0 Å². The molecule has 1 saturated heterocycles. The molecular formula is C17H19F3N8. The molecule has 3 aromatic heterocycles. The number of likely N-dealkylation sites (N-methyl/N-ethyl adjacent to an activating group) is 1. The van der Waals surface area contributed by atoms with Crippen LogP contribution in [-0.2, 0) is 6.18 Å². The first-order valence-corrected chi connectivity index (χ1v) is 8.90. The van der Waals surface area contributed by atoms with Gasteiger partial charge in [0.25, 0.3) is 11.6 Å². The number of halogens is 3. The summed E-state index contributed by atoms with van der Waals surface area (Å²) < 4.78 is 40.3. The maximum atomic E-state index is 13.1. The number of aromatic nitrogens is 6. The van der Waals surface area contributed by atoms with E-state index >= 15 is 0 Å². The van der Waals surface area contributed by atoms with Crippen molar-refractivity contribution in [1.82, 2.24) is 29.8 Å². The molecular weight excluding hydrogens is 373 g/mol. The Bertz CT molecular complexity index is 972. The maximum Gasteiger partial charge on any atom is 0.453 e. The van der Waals surface area contributed by atoms with E-state index in [0.29, 0.717) is 18.1 Å². The monoisotopic (exact) mass is 392 g/mol. The molecule has 1 atom stereocenters. The lowest BCUT2D eigenvalue weighted by Crippen LogP contribution is -2.47. The van der Waals surface area contributed by atoms with Gasteiger partial charge in [-0.15, -0.1) is 10.2 Å². The zero-order valence-electron chi connectivity index (χ0n) is 15.4. The Morgan fingerprint density at radius 3 is 2.79 bits per heavy atom. The molecule has 0 aliphatic carbocycles. The summed E-state index contributed by atoms with van der Waals surface area (Å²) in [6.07, 6.45) is -1.16. The Hall–Kier alpha value is -2.98. The Morgan fingerprint density at radius 2 is 2.07 bits per heavy atom. The predicted octanol–water partition coefficient (Wildman–Crippen LogP) is 2.35. The second-order valence-electron chi connectivity index (χ2n) is 6.84. The van der Waals surface area contributed by atoms with E-state index in [1.165, 1.54) is 0 Å². The number of rotatable bonds is 3. The van der Waals surface area contributed by atoms with Gasteiger partial charge in [0.15, 0.2) is 5.82 Å². The molecule has 0 spiro atoms. The lowest BCUT2D eigenvalue weighted by Gasteiger charge is -2.38. The number of aryl methyl sites for hydroxylation is 1. The standard InChI is InChI=1S/C17H19F3N8/c1-11-9-14(28-16(22-11)23-15(25-28)17(18,19)20)26(2)12-5-4-8-27(10-12)13-6-3-7-21-24-13/h3,6-7,9,12H,4-5,8,10H2,1-2H3. The third-order valence-corrected chi connectivity index (χ3v) is 4.86. The molecule has 0 bridgehead atoms. The predicted molar refractivity (Wildman–Crippen MR) is 96.2 cm³/mol. The molecule has 0 amide bonds. The molecule has 1 unspecified atom stereocenters. The summed E-state index contributed by atoms with van der Waals surface area (Å²) in [6.45, 7) is 3.26. The highest BCUT2D eigenvalue weighted by molar-refractivity contribution is 5.49. The zero-order chi connectivity index (χ0) is 19.9. The highest BCUT2D eigenvalue weighted by atomic mass is 19.4. The fourth-order valence-corrected chi connectivity index (χ4v) is 3.47. The van der Waals surface area contributed by atoms with Crippen molar-refractivity contribution >= 4 is 17.4 Å². The Labute approximate surface area is 159 Å². The van der Waals surface area contributed by atoms with Gasteiger partial charge in [0.2, 0.25) is 0 Å². The van der Waals surface area contributed by atoms with Crippen molar-refractivity contribution in [2.75, 3.05) is 29.9 Å². The molecule has 0 saturated carbocycles. The lowest BCUT2D eigenvalue weighted by atomic mass is 10.0. The molecule has 0 radical (unpaired) electrons. The van der Waals surface area contributed by atoms with E-state index in [2.05, 4.69) is 30.2 Å². The van der Waals surface area contributed by atoms with Crippen molar-refractivity contribution in [2.24, 2.45) is 0 Å². The van der Waals surface area contributed by atoms with E-state index in [1.807, 2.05) is 24.1 Å². The fraction of sp³-hybridized carbons (Fsp3) is 0.471. The molecule has 4 heterocycles. The highest BCUT2D eigenvalue weighted by Gasteiger charge is 2.37. The summed E-state index contributed by atoms with van der Waals surface area (Å²) in [4.78, 5) is 11.7. The third-order valence-electron chi connectivity index (χ3n) is 4.86. The van der Waals surface area contributed by atoms with Crippen LogP contribution in [0.25, 0.3) is 5.78 Å². The van der Waals surface area contributed by atoms with Crippen molar-refractivity contribution < 1.29 is 13.2 Å². The van der Waals surface area contributed by atoms with Gasteiger partial charge in [0.1, 0.15) is 5.82 Å². The van der Waals surface area contributed by atoms with Gasteiger partial charge >= 0.3 is 6.18 Å². The van der Waals surface area contributed by atoms with Crippen LogP contribution in [0, 0.1) is 6.92 Å². The number of fused-ring (bicyclic) bond motifs is 1. The van der Waals surface area contributed by atoms with E-state index in [0.717, 1.165) is 29.7 Å². The molecule has 11 heteroatoms. The summed E-state index contributed by atoms with van der Waals surface area (Å²) in [5.41, 5.74) is 0.581. The van der Waals surface area contributed by atoms with E-state index in [1.54, 1.807) is 19.2 Å². The number of alkyl halides is 3. The molecule has 1 fully saturated rings. The van der Waals surface area contributed by atoms with Crippen LogP contribution in [0.5, 0.6) is 0 Å². The summed E-state index contributed by atoms with van der Waals surface area (Å²) >= 11 is 0. The molecule has 0 aromatic carbocycles. The van der Waals surface area contributed by atoms with E-state index in [4.69, 9.17) is 0 Å². The van der Waals surface area contributed by atoms with Gasteiger partial charge in [-0.3, -0.25) is 0 Å². The smallest absolute Gasteiger partial charge is 0.355 e. The van der Waals surface area contributed by atoms with Gasteiger partial charge in [-0.2, -0.15) is 27.8 Å². The lowest BCUT2D eigenvalue weighted by molar-refractivity contribution is -0.144. The second-order valence-corrected chi connectivity index (χ2v) is 6.84. The van der Waals surface area contributed by atoms with Gasteiger partial charge in [0, 0.05) is 44.1 Å². The van der Waals surface area contributed by atoms with Crippen molar-refractivity contribution in [2.45, 2.75) is 32.0 Å². The van der Waals surface area contributed by atoms with Crippen LogP contribution in [0.4, 0.5) is 24.8 Å². The summed E-state index contributed by atoms with van der Waals surface area (Å²) in [5.74, 6) is 0.0640. The Balaban J connectivity index is 1.66. The third kappa shape index (κ3) is 3.43. The minimum Gasteiger partial charge on any atom is -0.355 e. The molecule has 1 aliphatic rings. The Morgan fingerprint density at radius 1 is 1.25 bits per heavy atom. The molecule has 28 heavy (non-hydrogen) atoms.